The van der Waals surface area contributed by atoms with Crippen LogP contribution in [0.15, 0.2) is 27.6 Å². The summed E-state index contributed by atoms with van der Waals surface area (Å²) in [4.78, 5) is -0.471. The van der Waals surface area contributed by atoms with E-state index in [0.717, 1.165) is 18.6 Å². The van der Waals surface area contributed by atoms with Crippen LogP contribution in [0.4, 0.5) is 13.2 Å². The summed E-state index contributed by atoms with van der Waals surface area (Å²) in [5.74, 6) is -0.723. The van der Waals surface area contributed by atoms with E-state index in [1.54, 1.807) is 6.92 Å². The molecule has 22 heavy (non-hydrogen) atoms. The van der Waals surface area contributed by atoms with Gasteiger partial charge in [0.2, 0.25) is 10.0 Å². The molecule has 1 heterocycles. The zero-order chi connectivity index (χ0) is 16.5. The Kier molecular flexibility index (Phi) is 5.08. The second-order valence-electron chi connectivity index (χ2n) is 5.10. The third-order valence-corrected chi connectivity index (χ3v) is 6.01. The number of halogens is 4. The molecule has 9 heteroatoms. The first kappa shape index (κ1) is 17.6. The van der Waals surface area contributed by atoms with Crippen molar-refractivity contribution in [1.29, 1.82) is 0 Å². The third-order valence-electron chi connectivity index (χ3n) is 3.46. The van der Waals surface area contributed by atoms with Crippen molar-refractivity contribution >= 4 is 26.0 Å². The van der Waals surface area contributed by atoms with Crippen LogP contribution in [-0.2, 0) is 10.0 Å². The minimum atomic E-state index is -4.96. The fourth-order valence-corrected chi connectivity index (χ4v) is 4.59. The van der Waals surface area contributed by atoms with Crippen molar-refractivity contribution in [2.24, 2.45) is 0 Å². The average molecular weight is 402 g/mol. The number of nitrogens with zero attached hydrogens (tertiary/aromatic N) is 1. The fraction of sp³-hybridized carbons (Fsp3) is 0.538. The van der Waals surface area contributed by atoms with Crippen molar-refractivity contribution in [1.82, 2.24) is 4.31 Å². The van der Waals surface area contributed by atoms with Gasteiger partial charge in [0, 0.05) is 17.1 Å². The van der Waals surface area contributed by atoms with Gasteiger partial charge in [-0.15, -0.1) is 13.2 Å². The fourth-order valence-electron chi connectivity index (χ4n) is 2.45. The summed E-state index contributed by atoms with van der Waals surface area (Å²) in [5.41, 5.74) is 0. The van der Waals surface area contributed by atoms with Crippen LogP contribution in [0.3, 0.4) is 0 Å². The standard InChI is InChI=1S/C13H15BrF3NO3S/c1-9-4-2-3-7-18(9)22(19,20)12-6-5-10(14)8-11(12)21-13(15,16)17/h5-6,8-9H,2-4,7H2,1H3. The monoisotopic (exact) mass is 401 g/mol. The molecular weight excluding hydrogens is 387 g/mol. The molecule has 0 amide bonds. The lowest BCUT2D eigenvalue weighted by Gasteiger charge is -2.32. The second-order valence-corrected chi connectivity index (χ2v) is 7.87. The van der Waals surface area contributed by atoms with Gasteiger partial charge in [0.15, 0.2) is 5.75 Å². The third kappa shape index (κ3) is 3.94. The maximum Gasteiger partial charge on any atom is 0.573 e. The predicted octanol–water partition coefficient (Wildman–Crippen LogP) is 3.91. The van der Waals surface area contributed by atoms with Crippen molar-refractivity contribution < 1.29 is 26.3 Å². The van der Waals surface area contributed by atoms with Gasteiger partial charge in [0.1, 0.15) is 4.90 Å². The van der Waals surface area contributed by atoms with Gasteiger partial charge in [-0.1, -0.05) is 22.4 Å². The van der Waals surface area contributed by atoms with E-state index in [0.29, 0.717) is 23.9 Å². The van der Waals surface area contributed by atoms with Gasteiger partial charge >= 0.3 is 6.36 Å². The number of hydrogen-bond donors (Lipinski definition) is 0. The first-order chi connectivity index (χ1) is 10.1. The van der Waals surface area contributed by atoms with Crippen LogP contribution in [-0.4, -0.2) is 31.7 Å². The van der Waals surface area contributed by atoms with Gasteiger partial charge < -0.3 is 4.74 Å². The van der Waals surface area contributed by atoms with Gasteiger partial charge in [0.25, 0.3) is 0 Å². The summed E-state index contributed by atoms with van der Waals surface area (Å²) < 4.78 is 68.3. The lowest BCUT2D eigenvalue weighted by atomic mass is 10.1. The van der Waals surface area contributed by atoms with E-state index in [9.17, 15) is 21.6 Å². The van der Waals surface area contributed by atoms with Crippen LogP contribution in [0.1, 0.15) is 26.2 Å². The molecule has 1 unspecified atom stereocenters. The molecule has 0 saturated carbocycles. The number of rotatable bonds is 3. The highest BCUT2D eigenvalue weighted by atomic mass is 79.9. The Hall–Kier alpha value is -0.800. The maximum atomic E-state index is 12.7. The van der Waals surface area contributed by atoms with E-state index in [4.69, 9.17) is 0 Å². The highest BCUT2D eigenvalue weighted by Crippen LogP contribution is 2.35. The number of benzene rings is 1. The molecule has 4 nitrogen and oxygen atoms in total. The molecule has 1 fully saturated rings. The van der Waals surface area contributed by atoms with Gasteiger partial charge in [-0.3, -0.25) is 0 Å². The van der Waals surface area contributed by atoms with Gasteiger partial charge in [-0.25, -0.2) is 8.42 Å². The van der Waals surface area contributed by atoms with E-state index in [-0.39, 0.29) is 6.04 Å². The number of hydrogen-bond acceptors (Lipinski definition) is 3. The van der Waals surface area contributed by atoms with E-state index in [2.05, 4.69) is 20.7 Å². The summed E-state index contributed by atoms with van der Waals surface area (Å²) in [5, 5.41) is 0. The summed E-state index contributed by atoms with van der Waals surface area (Å²) >= 11 is 3.02. The quantitative estimate of drug-likeness (QED) is 0.771. The highest BCUT2D eigenvalue weighted by molar-refractivity contribution is 9.10. The number of piperidine rings is 1. The Morgan fingerprint density at radius 2 is 2.00 bits per heavy atom. The van der Waals surface area contributed by atoms with Crippen molar-refractivity contribution in [3.63, 3.8) is 0 Å². The van der Waals surface area contributed by atoms with E-state index in [1.165, 1.54) is 10.4 Å². The Balaban J connectivity index is 2.46. The molecule has 1 aromatic rings. The first-order valence-corrected chi connectivity index (χ1v) is 8.92. The summed E-state index contributed by atoms with van der Waals surface area (Å²) in [7, 11) is -4.04. The molecule has 0 aliphatic carbocycles. The van der Waals surface area contributed by atoms with Crippen molar-refractivity contribution in [3.8, 4) is 5.75 Å². The van der Waals surface area contributed by atoms with Crippen LogP contribution in [0.25, 0.3) is 0 Å². The van der Waals surface area contributed by atoms with E-state index >= 15 is 0 Å². The Morgan fingerprint density at radius 3 is 2.59 bits per heavy atom. The molecule has 1 aliphatic heterocycles. The van der Waals surface area contributed by atoms with Crippen LogP contribution in [0.2, 0.25) is 0 Å². The normalized spacial score (nSPS) is 20.9. The molecule has 0 aromatic heterocycles. The van der Waals surface area contributed by atoms with Crippen molar-refractivity contribution in [2.75, 3.05) is 6.54 Å². The second kappa shape index (κ2) is 6.37. The molecule has 2 rings (SSSR count). The molecule has 0 N–H and O–H groups in total. The van der Waals surface area contributed by atoms with Gasteiger partial charge in [-0.2, -0.15) is 4.31 Å². The molecular formula is C13H15BrF3NO3S. The van der Waals surface area contributed by atoms with Crippen LogP contribution < -0.4 is 4.74 Å². The average Bonchev–Trinajstić information content (AvgIpc) is 2.36. The Bertz CT molecular complexity index is 648. The van der Waals surface area contributed by atoms with E-state index in [1.807, 2.05) is 0 Å². The number of ether oxygens (including phenoxy) is 1. The lowest BCUT2D eigenvalue weighted by Crippen LogP contribution is -2.42. The molecule has 124 valence electrons. The molecule has 0 spiro atoms. The summed E-state index contributed by atoms with van der Waals surface area (Å²) in [6.45, 7) is 2.05. The molecule has 0 radical (unpaired) electrons. The minimum Gasteiger partial charge on any atom is -0.404 e. The molecule has 1 aliphatic rings. The highest BCUT2D eigenvalue weighted by Gasteiger charge is 2.37. The zero-order valence-corrected chi connectivity index (χ0v) is 14.1. The smallest absolute Gasteiger partial charge is 0.404 e. The van der Waals surface area contributed by atoms with Crippen LogP contribution in [0, 0.1) is 0 Å². The maximum absolute atomic E-state index is 12.7. The van der Waals surface area contributed by atoms with Gasteiger partial charge in [0.05, 0.1) is 0 Å². The zero-order valence-electron chi connectivity index (χ0n) is 11.7. The molecule has 0 bridgehead atoms. The minimum absolute atomic E-state index is 0.249. The summed E-state index contributed by atoms with van der Waals surface area (Å²) in [6.07, 6.45) is -2.68. The number of alkyl halides is 3. The summed E-state index contributed by atoms with van der Waals surface area (Å²) in [6, 6.07) is 3.27. The largest absolute Gasteiger partial charge is 0.573 e. The SMILES string of the molecule is CC1CCCCN1S(=O)(=O)c1ccc(Br)cc1OC(F)(F)F. The topological polar surface area (TPSA) is 46.6 Å². The predicted molar refractivity (Wildman–Crippen MR) is 78.0 cm³/mol. The van der Waals surface area contributed by atoms with Crippen molar-refractivity contribution in [3.05, 3.63) is 22.7 Å². The lowest BCUT2D eigenvalue weighted by molar-refractivity contribution is -0.275. The molecule has 1 saturated heterocycles. The van der Waals surface area contributed by atoms with E-state index < -0.39 is 27.0 Å². The van der Waals surface area contributed by atoms with Crippen LogP contribution >= 0.6 is 15.9 Å². The number of sulfonamides is 1. The van der Waals surface area contributed by atoms with Crippen LogP contribution in [0.5, 0.6) is 5.75 Å². The Morgan fingerprint density at radius 1 is 1.32 bits per heavy atom. The van der Waals surface area contributed by atoms with Gasteiger partial charge in [-0.05, 0) is 38.0 Å². The Labute approximate surface area is 135 Å². The first-order valence-electron chi connectivity index (χ1n) is 6.68. The molecule has 1 atom stereocenters. The van der Waals surface area contributed by atoms with Crippen molar-refractivity contribution in [2.45, 2.75) is 43.5 Å². The molecule has 1 aromatic carbocycles.